The first kappa shape index (κ1) is 14.7. The van der Waals surface area contributed by atoms with Crippen LogP contribution in [0.25, 0.3) is 0 Å². The Labute approximate surface area is 123 Å². The van der Waals surface area contributed by atoms with Crippen molar-refractivity contribution in [1.82, 2.24) is 10.2 Å². The van der Waals surface area contributed by atoms with Crippen molar-refractivity contribution < 1.29 is 4.79 Å². The minimum Gasteiger partial charge on any atom is -0.296 e. The molecular formula is C15H19N3OS. The molecule has 0 atom stereocenters. The average Bonchev–Trinajstić information content (AvgIpc) is 2.93. The number of hydrogen-bond acceptors (Lipinski definition) is 4. The molecule has 1 aromatic carbocycles. The largest absolute Gasteiger partial charge is 0.296 e. The van der Waals surface area contributed by atoms with Crippen LogP contribution < -0.4 is 5.32 Å². The first-order chi connectivity index (χ1) is 9.72. The number of anilines is 1. The van der Waals surface area contributed by atoms with Crippen molar-refractivity contribution in [1.29, 1.82) is 0 Å². The van der Waals surface area contributed by atoms with Gasteiger partial charge in [0.25, 0.3) is 5.91 Å². The van der Waals surface area contributed by atoms with E-state index in [1.807, 2.05) is 31.2 Å². The quantitative estimate of drug-likeness (QED) is 0.882. The van der Waals surface area contributed by atoms with E-state index in [0.717, 1.165) is 17.8 Å². The maximum Gasteiger partial charge on any atom is 0.257 e. The predicted octanol–water partition coefficient (Wildman–Crippen LogP) is 3.70. The van der Waals surface area contributed by atoms with Crippen molar-refractivity contribution in [3.05, 3.63) is 40.4 Å². The van der Waals surface area contributed by atoms with Crippen LogP contribution in [0.2, 0.25) is 0 Å². The monoisotopic (exact) mass is 289 g/mol. The minimum absolute atomic E-state index is 0.133. The average molecular weight is 289 g/mol. The van der Waals surface area contributed by atoms with Crippen LogP contribution in [-0.2, 0) is 12.8 Å². The molecule has 0 fully saturated rings. The van der Waals surface area contributed by atoms with Gasteiger partial charge in [-0.05, 0) is 37.0 Å². The standard InChI is InChI=1S/C15H19N3OS/c1-3-5-6-11-7-9-12(10-8-11)14(19)16-15-18-17-13(4-2)20-15/h7-10H,3-6H2,1-2H3,(H,16,18,19). The fourth-order valence-corrected chi connectivity index (χ4v) is 2.49. The summed E-state index contributed by atoms with van der Waals surface area (Å²) in [7, 11) is 0. The zero-order valence-electron chi connectivity index (χ0n) is 11.8. The van der Waals surface area contributed by atoms with Crippen molar-refractivity contribution in [3.63, 3.8) is 0 Å². The lowest BCUT2D eigenvalue weighted by atomic mass is 10.1. The lowest BCUT2D eigenvalue weighted by molar-refractivity contribution is 0.102. The summed E-state index contributed by atoms with van der Waals surface area (Å²) >= 11 is 1.42. The van der Waals surface area contributed by atoms with Gasteiger partial charge in [0.05, 0.1) is 0 Å². The summed E-state index contributed by atoms with van der Waals surface area (Å²) in [5.41, 5.74) is 1.92. The van der Waals surface area contributed by atoms with E-state index in [9.17, 15) is 4.79 Å². The van der Waals surface area contributed by atoms with Crippen molar-refractivity contribution in [2.75, 3.05) is 5.32 Å². The first-order valence-corrected chi connectivity index (χ1v) is 7.77. The van der Waals surface area contributed by atoms with Crippen LogP contribution in [0.1, 0.15) is 47.6 Å². The van der Waals surface area contributed by atoms with Gasteiger partial charge in [-0.2, -0.15) is 0 Å². The Kier molecular flexibility index (Phi) is 5.24. The molecule has 2 rings (SSSR count). The maximum atomic E-state index is 12.1. The van der Waals surface area contributed by atoms with E-state index in [-0.39, 0.29) is 5.91 Å². The summed E-state index contributed by atoms with van der Waals surface area (Å²) in [6.45, 7) is 4.19. The lowest BCUT2D eigenvalue weighted by Crippen LogP contribution is -2.11. The Bertz CT molecular complexity index is 563. The van der Waals surface area contributed by atoms with E-state index in [4.69, 9.17) is 0 Å². The van der Waals surface area contributed by atoms with Gasteiger partial charge < -0.3 is 0 Å². The van der Waals surface area contributed by atoms with Crippen LogP contribution >= 0.6 is 11.3 Å². The van der Waals surface area contributed by atoms with Crippen LogP contribution in [0.5, 0.6) is 0 Å². The summed E-state index contributed by atoms with van der Waals surface area (Å²) in [4.78, 5) is 12.1. The molecule has 1 amide bonds. The first-order valence-electron chi connectivity index (χ1n) is 6.95. The number of carbonyl (C=O) groups excluding carboxylic acids is 1. The zero-order valence-corrected chi connectivity index (χ0v) is 12.7. The SMILES string of the molecule is CCCCc1ccc(C(=O)Nc2nnc(CC)s2)cc1. The predicted molar refractivity (Wildman–Crippen MR) is 82.3 cm³/mol. The molecule has 4 nitrogen and oxygen atoms in total. The smallest absolute Gasteiger partial charge is 0.257 e. The van der Waals surface area contributed by atoms with Crippen LogP contribution in [0.3, 0.4) is 0 Å². The van der Waals surface area contributed by atoms with Crippen LogP contribution in [-0.4, -0.2) is 16.1 Å². The second-order valence-electron chi connectivity index (χ2n) is 4.61. The zero-order chi connectivity index (χ0) is 14.4. The lowest BCUT2D eigenvalue weighted by Gasteiger charge is -2.03. The summed E-state index contributed by atoms with van der Waals surface area (Å²) in [5.74, 6) is -0.133. The third-order valence-corrected chi connectivity index (χ3v) is 4.01. The van der Waals surface area contributed by atoms with Crippen LogP contribution in [0.4, 0.5) is 5.13 Å². The fraction of sp³-hybridized carbons (Fsp3) is 0.400. The number of aryl methyl sites for hydroxylation is 2. The van der Waals surface area contributed by atoms with E-state index < -0.39 is 0 Å². The topological polar surface area (TPSA) is 54.9 Å². The number of carbonyl (C=O) groups is 1. The molecule has 0 saturated carbocycles. The Balaban J connectivity index is 1.98. The Morgan fingerprint density at radius 1 is 1.20 bits per heavy atom. The molecule has 0 aliphatic heterocycles. The van der Waals surface area contributed by atoms with Crippen molar-refractivity contribution in [2.45, 2.75) is 39.5 Å². The van der Waals surface area contributed by atoms with Gasteiger partial charge in [-0.25, -0.2) is 0 Å². The molecular weight excluding hydrogens is 270 g/mol. The third-order valence-electron chi connectivity index (χ3n) is 3.02. The van der Waals surface area contributed by atoms with E-state index in [2.05, 4.69) is 22.4 Å². The number of amides is 1. The van der Waals surface area contributed by atoms with Crippen LogP contribution in [0, 0.1) is 0 Å². The molecule has 1 N–H and O–H groups in total. The summed E-state index contributed by atoms with van der Waals surface area (Å²) in [6, 6.07) is 7.76. The number of hydrogen-bond donors (Lipinski definition) is 1. The van der Waals surface area contributed by atoms with Gasteiger partial charge in [0.1, 0.15) is 5.01 Å². The highest BCUT2D eigenvalue weighted by Crippen LogP contribution is 2.17. The Morgan fingerprint density at radius 3 is 2.55 bits per heavy atom. The molecule has 20 heavy (non-hydrogen) atoms. The number of rotatable bonds is 6. The van der Waals surface area contributed by atoms with Gasteiger partial charge in [-0.1, -0.05) is 43.7 Å². The highest BCUT2D eigenvalue weighted by atomic mass is 32.1. The molecule has 1 heterocycles. The maximum absolute atomic E-state index is 12.1. The molecule has 106 valence electrons. The summed E-state index contributed by atoms with van der Waals surface area (Å²) in [6.07, 6.45) is 4.25. The number of nitrogens with zero attached hydrogens (tertiary/aromatic N) is 2. The highest BCUT2D eigenvalue weighted by Gasteiger charge is 2.09. The molecule has 0 unspecified atom stereocenters. The normalized spacial score (nSPS) is 10.5. The Morgan fingerprint density at radius 2 is 1.95 bits per heavy atom. The van der Waals surface area contributed by atoms with E-state index in [1.165, 1.54) is 29.7 Å². The van der Waals surface area contributed by atoms with Gasteiger partial charge in [-0.3, -0.25) is 10.1 Å². The molecule has 0 spiro atoms. The van der Waals surface area contributed by atoms with Gasteiger partial charge >= 0.3 is 0 Å². The van der Waals surface area contributed by atoms with Crippen molar-refractivity contribution >= 4 is 22.4 Å². The number of nitrogens with one attached hydrogen (secondary N) is 1. The van der Waals surface area contributed by atoms with Crippen LogP contribution in [0.15, 0.2) is 24.3 Å². The van der Waals surface area contributed by atoms with Gasteiger partial charge in [0.15, 0.2) is 0 Å². The number of unbranched alkanes of at least 4 members (excludes halogenated alkanes) is 1. The van der Waals surface area contributed by atoms with E-state index in [0.29, 0.717) is 10.7 Å². The molecule has 2 aromatic rings. The van der Waals surface area contributed by atoms with Gasteiger partial charge in [-0.15, -0.1) is 10.2 Å². The second kappa shape index (κ2) is 7.14. The molecule has 0 aliphatic carbocycles. The molecule has 0 radical (unpaired) electrons. The van der Waals surface area contributed by atoms with Gasteiger partial charge in [0, 0.05) is 5.56 Å². The summed E-state index contributed by atoms with van der Waals surface area (Å²) < 4.78 is 0. The highest BCUT2D eigenvalue weighted by molar-refractivity contribution is 7.15. The van der Waals surface area contributed by atoms with E-state index in [1.54, 1.807) is 0 Å². The van der Waals surface area contributed by atoms with Crippen molar-refractivity contribution in [2.24, 2.45) is 0 Å². The molecule has 5 heteroatoms. The van der Waals surface area contributed by atoms with E-state index >= 15 is 0 Å². The Hall–Kier alpha value is -1.75. The molecule has 0 saturated heterocycles. The molecule has 0 aliphatic rings. The number of benzene rings is 1. The molecule has 0 bridgehead atoms. The minimum atomic E-state index is -0.133. The van der Waals surface area contributed by atoms with Gasteiger partial charge in [0.2, 0.25) is 5.13 Å². The summed E-state index contributed by atoms with van der Waals surface area (Å²) in [5, 5.41) is 12.2. The van der Waals surface area contributed by atoms with Crippen molar-refractivity contribution in [3.8, 4) is 0 Å². The third kappa shape index (κ3) is 3.87. The number of aromatic nitrogens is 2. The molecule has 1 aromatic heterocycles. The second-order valence-corrected chi connectivity index (χ2v) is 5.67. The fourth-order valence-electron chi connectivity index (χ4n) is 1.82.